The quantitative estimate of drug-likeness (QED) is 0.894. The molecule has 1 aromatic rings. The highest BCUT2D eigenvalue weighted by atomic mass is 16.7. The molecule has 1 atom stereocenters. The van der Waals surface area contributed by atoms with Crippen LogP contribution in [0.15, 0.2) is 24.3 Å². The Balaban J connectivity index is 1.89. The van der Waals surface area contributed by atoms with E-state index in [0.717, 1.165) is 11.3 Å². The zero-order valence-corrected chi connectivity index (χ0v) is 12.9. The molecule has 0 aliphatic carbocycles. The van der Waals surface area contributed by atoms with Gasteiger partial charge in [0, 0.05) is 23.7 Å². The van der Waals surface area contributed by atoms with Crippen LogP contribution in [-0.4, -0.2) is 25.2 Å². The SMILES string of the molecule is CC(C)(C)C(N)CC(=O)Nc1ccc(C2OCCO2)cc1. The van der Waals surface area contributed by atoms with Crippen molar-refractivity contribution in [2.45, 2.75) is 39.5 Å². The average molecular weight is 292 g/mol. The summed E-state index contributed by atoms with van der Waals surface area (Å²) in [4.78, 5) is 12.0. The van der Waals surface area contributed by atoms with E-state index in [1.807, 2.05) is 45.0 Å². The topological polar surface area (TPSA) is 73.6 Å². The number of rotatable bonds is 4. The van der Waals surface area contributed by atoms with E-state index in [-0.39, 0.29) is 23.7 Å². The van der Waals surface area contributed by atoms with Crippen molar-refractivity contribution in [3.05, 3.63) is 29.8 Å². The van der Waals surface area contributed by atoms with Gasteiger partial charge in [-0.05, 0) is 17.5 Å². The first-order chi connectivity index (χ1) is 9.86. The van der Waals surface area contributed by atoms with Crippen LogP contribution in [-0.2, 0) is 14.3 Å². The maximum absolute atomic E-state index is 12.0. The predicted octanol–water partition coefficient (Wildman–Crippen LogP) is 2.43. The molecule has 0 saturated carbocycles. The number of hydrogen-bond acceptors (Lipinski definition) is 4. The van der Waals surface area contributed by atoms with E-state index in [9.17, 15) is 4.79 Å². The van der Waals surface area contributed by atoms with E-state index in [1.165, 1.54) is 0 Å². The van der Waals surface area contributed by atoms with Gasteiger partial charge in [0.05, 0.1) is 13.2 Å². The van der Waals surface area contributed by atoms with Crippen molar-refractivity contribution >= 4 is 11.6 Å². The van der Waals surface area contributed by atoms with Gasteiger partial charge in [-0.2, -0.15) is 0 Å². The molecule has 1 aliphatic rings. The maximum Gasteiger partial charge on any atom is 0.225 e. The molecule has 0 radical (unpaired) electrons. The van der Waals surface area contributed by atoms with Gasteiger partial charge >= 0.3 is 0 Å². The number of carbonyl (C=O) groups is 1. The third-order valence-corrected chi connectivity index (χ3v) is 3.61. The van der Waals surface area contributed by atoms with Crippen LogP contribution in [0.3, 0.4) is 0 Å². The Morgan fingerprint density at radius 3 is 2.38 bits per heavy atom. The van der Waals surface area contributed by atoms with E-state index in [0.29, 0.717) is 19.6 Å². The van der Waals surface area contributed by atoms with Crippen molar-refractivity contribution in [1.82, 2.24) is 0 Å². The number of carbonyl (C=O) groups excluding carboxylic acids is 1. The lowest BCUT2D eigenvalue weighted by molar-refractivity contribution is -0.117. The molecule has 3 N–H and O–H groups in total. The molecule has 0 spiro atoms. The fourth-order valence-corrected chi connectivity index (χ4v) is 1.99. The van der Waals surface area contributed by atoms with E-state index in [2.05, 4.69) is 5.32 Å². The summed E-state index contributed by atoms with van der Waals surface area (Å²) in [5, 5.41) is 2.86. The van der Waals surface area contributed by atoms with Crippen molar-refractivity contribution in [3.63, 3.8) is 0 Å². The second-order valence-corrected chi connectivity index (χ2v) is 6.42. The molecule has 2 rings (SSSR count). The molecule has 1 unspecified atom stereocenters. The van der Waals surface area contributed by atoms with Crippen LogP contribution >= 0.6 is 0 Å². The van der Waals surface area contributed by atoms with E-state index >= 15 is 0 Å². The molecule has 0 aromatic heterocycles. The monoisotopic (exact) mass is 292 g/mol. The molecule has 0 bridgehead atoms. The van der Waals surface area contributed by atoms with E-state index in [1.54, 1.807) is 0 Å². The van der Waals surface area contributed by atoms with Gasteiger partial charge in [0.15, 0.2) is 6.29 Å². The number of nitrogens with two attached hydrogens (primary N) is 1. The Morgan fingerprint density at radius 2 is 1.86 bits per heavy atom. The first-order valence-electron chi connectivity index (χ1n) is 7.25. The molecule has 1 aliphatic heterocycles. The lowest BCUT2D eigenvalue weighted by atomic mass is 9.85. The third-order valence-electron chi connectivity index (χ3n) is 3.61. The zero-order valence-electron chi connectivity index (χ0n) is 12.9. The molecule has 5 nitrogen and oxygen atoms in total. The molecule has 1 aromatic carbocycles. The van der Waals surface area contributed by atoms with Gasteiger partial charge in [0.1, 0.15) is 0 Å². The standard InChI is InChI=1S/C16H24N2O3/c1-16(2,3)13(17)10-14(19)18-12-6-4-11(5-7-12)15-20-8-9-21-15/h4-7,13,15H,8-10,17H2,1-3H3,(H,18,19). The van der Waals surface area contributed by atoms with Gasteiger partial charge in [-0.1, -0.05) is 32.9 Å². The fourth-order valence-electron chi connectivity index (χ4n) is 1.99. The molecule has 116 valence electrons. The fraction of sp³-hybridized carbons (Fsp3) is 0.562. The van der Waals surface area contributed by atoms with Gasteiger partial charge in [0.25, 0.3) is 0 Å². The van der Waals surface area contributed by atoms with Gasteiger partial charge < -0.3 is 20.5 Å². The highest BCUT2D eigenvalue weighted by Crippen LogP contribution is 2.25. The van der Waals surface area contributed by atoms with Crippen LogP contribution in [0.4, 0.5) is 5.69 Å². The van der Waals surface area contributed by atoms with Crippen LogP contribution in [0, 0.1) is 5.41 Å². The second kappa shape index (κ2) is 6.56. The Labute approximate surface area is 125 Å². The molecule has 1 amide bonds. The molecule has 5 heteroatoms. The predicted molar refractivity (Wildman–Crippen MR) is 81.8 cm³/mol. The summed E-state index contributed by atoms with van der Waals surface area (Å²) >= 11 is 0. The minimum absolute atomic E-state index is 0.0708. The summed E-state index contributed by atoms with van der Waals surface area (Å²) in [5.74, 6) is -0.0708. The summed E-state index contributed by atoms with van der Waals surface area (Å²) < 4.78 is 10.8. The van der Waals surface area contributed by atoms with Crippen molar-refractivity contribution in [1.29, 1.82) is 0 Å². The van der Waals surface area contributed by atoms with Crippen molar-refractivity contribution < 1.29 is 14.3 Å². The Hall–Kier alpha value is -1.43. The number of amides is 1. The lowest BCUT2D eigenvalue weighted by Gasteiger charge is -2.26. The minimum atomic E-state index is -0.288. The van der Waals surface area contributed by atoms with Gasteiger partial charge in [-0.15, -0.1) is 0 Å². The van der Waals surface area contributed by atoms with Crippen LogP contribution in [0.25, 0.3) is 0 Å². The number of hydrogen-bond donors (Lipinski definition) is 2. The Kier molecular flexibility index (Phi) is 4.98. The summed E-state index contributed by atoms with van der Waals surface area (Å²) in [6.07, 6.45) is 0.0178. The summed E-state index contributed by atoms with van der Waals surface area (Å²) in [5.41, 5.74) is 7.64. The smallest absolute Gasteiger partial charge is 0.225 e. The number of benzene rings is 1. The Bertz CT molecular complexity index is 473. The minimum Gasteiger partial charge on any atom is -0.346 e. The van der Waals surface area contributed by atoms with Gasteiger partial charge in [0.2, 0.25) is 5.91 Å². The first kappa shape index (κ1) is 15.9. The van der Waals surface area contributed by atoms with Crippen molar-refractivity contribution in [2.24, 2.45) is 11.1 Å². The normalized spacial score (nSPS) is 17.7. The maximum atomic E-state index is 12.0. The van der Waals surface area contributed by atoms with Crippen LogP contribution < -0.4 is 11.1 Å². The van der Waals surface area contributed by atoms with E-state index < -0.39 is 0 Å². The molecule has 1 heterocycles. The lowest BCUT2D eigenvalue weighted by Crippen LogP contribution is -2.38. The number of ether oxygens (including phenoxy) is 2. The summed E-state index contributed by atoms with van der Waals surface area (Å²) in [7, 11) is 0. The molecule has 1 saturated heterocycles. The van der Waals surface area contributed by atoms with Crippen molar-refractivity contribution in [3.8, 4) is 0 Å². The average Bonchev–Trinajstić information content (AvgIpc) is 2.92. The third kappa shape index (κ3) is 4.52. The van der Waals surface area contributed by atoms with Crippen LogP contribution in [0.1, 0.15) is 39.0 Å². The first-order valence-corrected chi connectivity index (χ1v) is 7.25. The van der Waals surface area contributed by atoms with Gasteiger partial charge in [-0.3, -0.25) is 4.79 Å². The number of nitrogens with one attached hydrogen (secondary N) is 1. The van der Waals surface area contributed by atoms with Gasteiger partial charge in [-0.25, -0.2) is 0 Å². The molecular formula is C16H24N2O3. The molecule has 1 fully saturated rings. The largest absolute Gasteiger partial charge is 0.346 e. The van der Waals surface area contributed by atoms with Crippen molar-refractivity contribution in [2.75, 3.05) is 18.5 Å². The highest BCUT2D eigenvalue weighted by Gasteiger charge is 2.23. The highest BCUT2D eigenvalue weighted by molar-refractivity contribution is 5.91. The zero-order chi connectivity index (χ0) is 15.5. The molecular weight excluding hydrogens is 268 g/mol. The second-order valence-electron chi connectivity index (χ2n) is 6.42. The number of anilines is 1. The Morgan fingerprint density at radius 1 is 1.29 bits per heavy atom. The summed E-state index contributed by atoms with van der Waals surface area (Å²) in [6, 6.07) is 7.32. The van der Waals surface area contributed by atoms with E-state index in [4.69, 9.17) is 15.2 Å². The summed E-state index contributed by atoms with van der Waals surface area (Å²) in [6.45, 7) is 7.33. The molecule has 21 heavy (non-hydrogen) atoms. The van der Waals surface area contributed by atoms with Crippen LogP contribution in [0.5, 0.6) is 0 Å². The van der Waals surface area contributed by atoms with Crippen LogP contribution in [0.2, 0.25) is 0 Å².